The average molecular weight is 288 g/mol. The fourth-order valence-electron chi connectivity index (χ4n) is 2.14. The molecule has 1 heterocycles. The zero-order valence-corrected chi connectivity index (χ0v) is 11.0. The number of nitrogens with one attached hydrogen (secondary N) is 1. The van der Waals surface area contributed by atoms with Gasteiger partial charge in [0.05, 0.1) is 0 Å². The standard InChI is InChI=1S/C11H16N2O5S/c12-7-3-1-2-4-8(7)13-19(16,17)10-6-5-9(18-10)11(14)15/h5-8,13H,1-4,12H2,(H,14,15). The van der Waals surface area contributed by atoms with E-state index in [1.165, 1.54) is 0 Å². The Morgan fingerprint density at radius 2 is 2.05 bits per heavy atom. The minimum atomic E-state index is -3.87. The van der Waals surface area contributed by atoms with Gasteiger partial charge < -0.3 is 15.3 Å². The highest BCUT2D eigenvalue weighted by Crippen LogP contribution is 2.20. The Bertz CT molecular complexity index is 565. The summed E-state index contributed by atoms with van der Waals surface area (Å²) >= 11 is 0. The van der Waals surface area contributed by atoms with Crippen molar-refractivity contribution in [2.75, 3.05) is 0 Å². The van der Waals surface area contributed by atoms with Gasteiger partial charge in [0, 0.05) is 12.1 Å². The molecular weight excluding hydrogens is 272 g/mol. The van der Waals surface area contributed by atoms with Crippen molar-refractivity contribution in [3.05, 3.63) is 17.9 Å². The third kappa shape index (κ3) is 3.14. The summed E-state index contributed by atoms with van der Waals surface area (Å²) in [6, 6.07) is 1.67. The molecule has 1 fully saturated rings. The van der Waals surface area contributed by atoms with Gasteiger partial charge in [-0.3, -0.25) is 0 Å². The normalized spacial score (nSPS) is 24.3. The van der Waals surface area contributed by atoms with Gasteiger partial charge >= 0.3 is 5.97 Å². The fourth-order valence-corrected chi connectivity index (χ4v) is 3.40. The van der Waals surface area contributed by atoms with Crippen LogP contribution in [0.2, 0.25) is 0 Å². The molecule has 4 N–H and O–H groups in total. The second-order valence-corrected chi connectivity index (χ2v) is 6.24. The maximum absolute atomic E-state index is 12.0. The Morgan fingerprint density at radius 3 is 2.63 bits per heavy atom. The summed E-state index contributed by atoms with van der Waals surface area (Å²) in [7, 11) is -3.87. The maximum atomic E-state index is 12.0. The Morgan fingerprint density at radius 1 is 1.37 bits per heavy atom. The number of carbonyl (C=O) groups is 1. The first-order chi connectivity index (χ1) is 8.90. The predicted molar refractivity (Wildman–Crippen MR) is 66.2 cm³/mol. The van der Waals surface area contributed by atoms with E-state index in [1.807, 2.05) is 0 Å². The van der Waals surface area contributed by atoms with E-state index < -0.39 is 26.8 Å². The topological polar surface area (TPSA) is 123 Å². The van der Waals surface area contributed by atoms with E-state index in [-0.39, 0.29) is 12.1 Å². The van der Waals surface area contributed by atoms with Crippen LogP contribution < -0.4 is 10.5 Å². The third-order valence-electron chi connectivity index (χ3n) is 3.18. The first-order valence-corrected chi connectivity index (χ1v) is 7.49. The number of aromatic carboxylic acids is 1. The van der Waals surface area contributed by atoms with E-state index in [1.54, 1.807) is 0 Å². The van der Waals surface area contributed by atoms with Gasteiger partial charge in [-0.15, -0.1) is 0 Å². The highest BCUT2D eigenvalue weighted by Gasteiger charge is 2.29. The van der Waals surface area contributed by atoms with Crippen LogP contribution in [0, 0.1) is 0 Å². The Hall–Kier alpha value is -1.38. The minimum absolute atomic E-state index is 0.225. The van der Waals surface area contributed by atoms with Crippen LogP contribution in [0.15, 0.2) is 21.6 Å². The molecule has 0 bridgehead atoms. The summed E-state index contributed by atoms with van der Waals surface area (Å²) in [6.45, 7) is 0. The van der Waals surface area contributed by atoms with Crippen LogP contribution in [0.4, 0.5) is 0 Å². The Balaban J connectivity index is 2.15. The first-order valence-electron chi connectivity index (χ1n) is 6.01. The molecule has 2 rings (SSSR count). The van der Waals surface area contributed by atoms with Gasteiger partial charge in [-0.05, 0) is 25.0 Å². The lowest BCUT2D eigenvalue weighted by molar-refractivity contribution is 0.0656. The summed E-state index contributed by atoms with van der Waals surface area (Å²) in [5, 5.41) is 8.30. The van der Waals surface area contributed by atoms with Crippen molar-refractivity contribution in [1.82, 2.24) is 4.72 Å². The van der Waals surface area contributed by atoms with E-state index >= 15 is 0 Å². The monoisotopic (exact) mass is 288 g/mol. The fraction of sp³-hybridized carbons (Fsp3) is 0.545. The summed E-state index contributed by atoms with van der Waals surface area (Å²) in [5.74, 6) is -1.72. The SMILES string of the molecule is NC1CCCCC1NS(=O)(=O)c1ccc(C(=O)O)o1. The Labute approximate surface area is 110 Å². The zero-order chi connectivity index (χ0) is 14.0. The summed E-state index contributed by atoms with van der Waals surface area (Å²) in [6.07, 6.45) is 3.35. The van der Waals surface area contributed by atoms with Crippen LogP contribution in [0.5, 0.6) is 0 Å². The smallest absolute Gasteiger partial charge is 0.371 e. The number of nitrogens with two attached hydrogens (primary N) is 1. The van der Waals surface area contributed by atoms with Gasteiger partial charge in [0.2, 0.25) is 10.9 Å². The highest BCUT2D eigenvalue weighted by molar-refractivity contribution is 7.89. The van der Waals surface area contributed by atoms with Crippen LogP contribution in [0.3, 0.4) is 0 Å². The highest BCUT2D eigenvalue weighted by atomic mass is 32.2. The number of sulfonamides is 1. The van der Waals surface area contributed by atoms with E-state index in [0.717, 1.165) is 31.4 Å². The molecule has 0 aliphatic heterocycles. The minimum Gasteiger partial charge on any atom is -0.475 e. The second-order valence-electron chi connectivity index (χ2n) is 4.60. The van der Waals surface area contributed by atoms with Crippen molar-refractivity contribution >= 4 is 16.0 Å². The van der Waals surface area contributed by atoms with Crippen LogP contribution in [-0.2, 0) is 10.0 Å². The molecule has 7 nitrogen and oxygen atoms in total. The van der Waals surface area contributed by atoms with Crippen LogP contribution in [0.25, 0.3) is 0 Å². The van der Waals surface area contributed by atoms with Gasteiger partial charge in [-0.25, -0.2) is 17.9 Å². The molecule has 1 aromatic rings. The lowest BCUT2D eigenvalue weighted by Crippen LogP contribution is -2.49. The molecule has 1 aromatic heterocycles. The summed E-state index contributed by atoms with van der Waals surface area (Å²) < 4.78 is 31.3. The molecule has 1 aliphatic rings. The zero-order valence-electron chi connectivity index (χ0n) is 10.2. The largest absolute Gasteiger partial charge is 0.475 e. The van der Waals surface area contributed by atoms with Crippen molar-refractivity contribution in [3.63, 3.8) is 0 Å². The molecule has 8 heteroatoms. The molecule has 1 saturated carbocycles. The molecule has 0 radical (unpaired) electrons. The van der Waals surface area contributed by atoms with Gasteiger partial charge in [-0.2, -0.15) is 0 Å². The van der Waals surface area contributed by atoms with Crippen LogP contribution in [0.1, 0.15) is 36.2 Å². The number of hydrogen-bond donors (Lipinski definition) is 3. The average Bonchev–Trinajstić information content (AvgIpc) is 2.82. The first kappa shape index (κ1) is 14.0. The number of hydrogen-bond acceptors (Lipinski definition) is 5. The van der Waals surface area contributed by atoms with Gasteiger partial charge in [-0.1, -0.05) is 12.8 Å². The summed E-state index contributed by atoms with van der Waals surface area (Å²) in [5.41, 5.74) is 5.87. The number of carboxylic acid groups (broad SMARTS) is 1. The van der Waals surface area contributed by atoms with E-state index in [2.05, 4.69) is 4.72 Å². The van der Waals surface area contributed by atoms with Crippen molar-refractivity contribution < 1.29 is 22.7 Å². The number of rotatable bonds is 4. The van der Waals surface area contributed by atoms with Gasteiger partial charge in [0.1, 0.15) is 0 Å². The molecule has 106 valence electrons. The van der Waals surface area contributed by atoms with E-state index in [4.69, 9.17) is 15.3 Å². The summed E-state index contributed by atoms with van der Waals surface area (Å²) in [4.78, 5) is 10.7. The molecule has 2 unspecified atom stereocenters. The lowest BCUT2D eigenvalue weighted by atomic mass is 9.92. The third-order valence-corrected chi connectivity index (χ3v) is 4.55. The predicted octanol–water partition coefficient (Wildman–Crippen LogP) is 0.526. The number of furan rings is 1. The van der Waals surface area contributed by atoms with E-state index in [9.17, 15) is 13.2 Å². The van der Waals surface area contributed by atoms with E-state index in [0.29, 0.717) is 6.42 Å². The molecule has 2 atom stereocenters. The molecule has 0 aromatic carbocycles. The molecule has 1 aliphatic carbocycles. The molecule has 0 amide bonds. The Kier molecular flexibility index (Phi) is 3.93. The second kappa shape index (κ2) is 5.32. The molecular formula is C11H16N2O5S. The van der Waals surface area contributed by atoms with Crippen LogP contribution in [-0.4, -0.2) is 31.6 Å². The van der Waals surface area contributed by atoms with Crippen LogP contribution >= 0.6 is 0 Å². The van der Waals surface area contributed by atoms with Crippen molar-refractivity contribution in [2.24, 2.45) is 5.73 Å². The van der Waals surface area contributed by atoms with Crippen molar-refractivity contribution in [3.8, 4) is 0 Å². The molecule has 0 spiro atoms. The van der Waals surface area contributed by atoms with Gasteiger partial charge in [0.25, 0.3) is 10.0 Å². The van der Waals surface area contributed by atoms with Gasteiger partial charge in [0.15, 0.2) is 0 Å². The van der Waals surface area contributed by atoms with Crippen molar-refractivity contribution in [2.45, 2.75) is 42.9 Å². The quantitative estimate of drug-likeness (QED) is 0.742. The van der Waals surface area contributed by atoms with Crippen molar-refractivity contribution in [1.29, 1.82) is 0 Å². The molecule has 0 saturated heterocycles. The lowest BCUT2D eigenvalue weighted by Gasteiger charge is -2.28. The maximum Gasteiger partial charge on any atom is 0.371 e. The molecule has 19 heavy (non-hydrogen) atoms. The number of carboxylic acids is 1.